The van der Waals surface area contributed by atoms with Crippen LogP contribution in [0.25, 0.3) is 0 Å². The Balaban J connectivity index is 1.58. The molecule has 2 aromatic rings. The number of alkyl halides is 3. The third-order valence-electron chi connectivity index (χ3n) is 6.26. The first-order chi connectivity index (χ1) is 17.3. The molecule has 0 aliphatic carbocycles. The van der Waals surface area contributed by atoms with Gasteiger partial charge in [0.1, 0.15) is 11.5 Å². The zero-order chi connectivity index (χ0) is 27.4. The van der Waals surface area contributed by atoms with Gasteiger partial charge in [-0.05, 0) is 62.6 Å². The smallest absolute Gasteiger partial charge is 0.419 e. The number of methoxy groups -OCH3 is 1. The Hall–Kier alpha value is -2.49. The van der Waals surface area contributed by atoms with E-state index in [4.69, 9.17) is 25.8 Å². The second-order valence-corrected chi connectivity index (χ2v) is 10.0. The van der Waals surface area contributed by atoms with Crippen molar-refractivity contribution in [3.05, 3.63) is 57.6 Å². The number of hydrogen-bond acceptors (Lipinski definition) is 6. The summed E-state index contributed by atoms with van der Waals surface area (Å²) in [5.74, 6) is -0.156. The summed E-state index contributed by atoms with van der Waals surface area (Å²) in [6, 6.07) is 7.91. The van der Waals surface area contributed by atoms with E-state index in [1.165, 1.54) is 19.2 Å². The lowest BCUT2D eigenvalue weighted by atomic mass is 10.1. The van der Waals surface area contributed by atoms with Crippen molar-refractivity contribution >= 4 is 17.6 Å². The van der Waals surface area contributed by atoms with Crippen LogP contribution in [0.1, 0.15) is 43.0 Å². The van der Waals surface area contributed by atoms with E-state index in [0.717, 1.165) is 48.9 Å². The average Bonchev–Trinajstić information content (AvgIpc) is 2.82. The molecule has 6 nitrogen and oxygen atoms in total. The van der Waals surface area contributed by atoms with E-state index in [-0.39, 0.29) is 12.4 Å². The summed E-state index contributed by atoms with van der Waals surface area (Å²) >= 11 is 6.53. The van der Waals surface area contributed by atoms with Gasteiger partial charge < -0.3 is 14.2 Å². The zero-order valence-corrected chi connectivity index (χ0v) is 22.6. The number of carbonyl (C=O) groups is 1. The van der Waals surface area contributed by atoms with Gasteiger partial charge in [-0.1, -0.05) is 23.7 Å². The van der Waals surface area contributed by atoms with Crippen molar-refractivity contribution in [1.29, 1.82) is 0 Å². The van der Waals surface area contributed by atoms with Gasteiger partial charge in [0, 0.05) is 39.3 Å². The number of hydrogen-bond donors (Lipinski definition) is 0. The Morgan fingerprint density at radius 1 is 1.00 bits per heavy atom. The number of ether oxygens (including phenoxy) is 3. The third-order valence-corrected chi connectivity index (χ3v) is 6.54. The van der Waals surface area contributed by atoms with Crippen LogP contribution in [0.15, 0.2) is 30.3 Å². The summed E-state index contributed by atoms with van der Waals surface area (Å²) in [7, 11) is 1.25. The SMILES string of the molecule is CCOC(=O)C(C)(C)Oc1c(C)cc(CN2CCN(Cc3ccc(C(F)(F)F)c(OC)c3)CC2)cc1Cl. The number of rotatable bonds is 9. The van der Waals surface area contributed by atoms with Crippen molar-refractivity contribution in [2.45, 2.75) is 52.6 Å². The predicted octanol–water partition coefficient (Wildman–Crippen LogP) is 5.71. The molecule has 0 saturated carbocycles. The van der Waals surface area contributed by atoms with E-state index in [1.807, 2.05) is 19.1 Å². The lowest BCUT2D eigenvalue weighted by Crippen LogP contribution is -2.45. The van der Waals surface area contributed by atoms with E-state index in [0.29, 0.717) is 23.9 Å². The molecule has 0 atom stereocenters. The quantitative estimate of drug-likeness (QED) is 0.378. The second-order valence-electron chi connectivity index (χ2n) is 9.64. The number of halogens is 4. The van der Waals surface area contributed by atoms with Crippen LogP contribution >= 0.6 is 11.6 Å². The number of nitrogens with zero attached hydrogens (tertiary/aromatic N) is 2. The van der Waals surface area contributed by atoms with Gasteiger partial charge in [-0.15, -0.1) is 0 Å². The fourth-order valence-corrected chi connectivity index (χ4v) is 4.64. The van der Waals surface area contributed by atoms with Gasteiger partial charge in [0.15, 0.2) is 5.60 Å². The minimum atomic E-state index is -4.45. The van der Waals surface area contributed by atoms with Crippen LogP contribution in [0, 0.1) is 6.92 Å². The van der Waals surface area contributed by atoms with Gasteiger partial charge in [-0.2, -0.15) is 13.2 Å². The van der Waals surface area contributed by atoms with E-state index in [9.17, 15) is 18.0 Å². The van der Waals surface area contributed by atoms with Crippen LogP contribution in [-0.2, 0) is 28.8 Å². The third kappa shape index (κ3) is 7.52. The molecule has 0 radical (unpaired) electrons. The molecule has 1 fully saturated rings. The molecule has 3 rings (SSSR count). The van der Waals surface area contributed by atoms with Crippen LogP contribution in [0.3, 0.4) is 0 Å². The Bertz CT molecular complexity index is 1080. The highest BCUT2D eigenvalue weighted by Gasteiger charge is 2.35. The molecule has 1 saturated heterocycles. The van der Waals surface area contributed by atoms with Crippen molar-refractivity contribution in [2.24, 2.45) is 0 Å². The number of carbonyl (C=O) groups excluding carboxylic acids is 1. The standard InChI is InChI=1S/C27H34ClF3N2O4/c1-6-36-25(34)26(3,4)37-24-18(2)13-20(14-22(24)28)17-33-11-9-32(10-12-33)16-19-7-8-21(27(29,30)31)23(15-19)35-5/h7-8,13-15H,6,9-12,16-17H2,1-5H3. The molecule has 0 bridgehead atoms. The fourth-order valence-electron chi connectivity index (χ4n) is 4.31. The van der Waals surface area contributed by atoms with Crippen LogP contribution in [0.5, 0.6) is 11.5 Å². The van der Waals surface area contributed by atoms with Crippen molar-refractivity contribution in [1.82, 2.24) is 9.80 Å². The summed E-state index contributed by atoms with van der Waals surface area (Å²) in [5.41, 5.74) is 0.708. The molecule has 0 amide bonds. The van der Waals surface area contributed by atoms with Gasteiger partial charge >= 0.3 is 12.1 Å². The van der Waals surface area contributed by atoms with Crippen molar-refractivity contribution < 1.29 is 32.2 Å². The lowest BCUT2D eigenvalue weighted by Gasteiger charge is -2.35. The first-order valence-corrected chi connectivity index (χ1v) is 12.6. The summed E-state index contributed by atoms with van der Waals surface area (Å²) < 4.78 is 55.4. The minimum absolute atomic E-state index is 0.158. The van der Waals surface area contributed by atoms with Crippen molar-refractivity contribution in [2.75, 3.05) is 39.9 Å². The first kappa shape index (κ1) is 29.1. The molecule has 204 valence electrons. The molecular weight excluding hydrogens is 509 g/mol. The van der Waals surface area contributed by atoms with E-state index < -0.39 is 23.3 Å². The molecule has 0 aromatic heterocycles. The molecule has 1 aliphatic rings. The molecule has 10 heteroatoms. The zero-order valence-electron chi connectivity index (χ0n) is 21.9. The van der Waals surface area contributed by atoms with E-state index >= 15 is 0 Å². The summed E-state index contributed by atoms with van der Waals surface area (Å²) in [6.07, 6.45) is -4.45. The predicted molar refractivity (Wildman–Crippen MR) is 136 cm³/mol. The Labute approximate surface area is 221 Å². The summed E-state index contributed by atoms with van der Waals surface area (Å²) in [6.45, 7) is 11.6. The van der Waals surface area contributed by atoms with E-state index in [1.54, 1.807) is 20.8 Å². The van der Waals surface area contributed by atoms with Crippen LogP contribution in [0.4, 0.5) is 13.2 Å². The molecule has 2 aromatic carbocycles. The Morgan fingerprint density at radius 2 is 1.59 bits per heavy atom. The number of esters is 1. The van der Waals surface area contributed by atoms with Crippen molar-refractivity contribution in [3.8, 4) is 11.5 Å². The number of aryl methyl sites for hydroxylation is 1. The van der Waals surface area contributed by atoms with Gasteiger partial charge in [-0.3, -0.25) is 9.80 Å². The second kappa shape index (κ2) is 11.9. The summed E-state index contributed by atoms with van der Waals surface area (Å²) in [5, 5.41) is 0.433. The Morgan fingerprint density at radius 3 is 2.11 bits per heavy atom. The fraction of sp³-hybridized carbons (Fsp3) is 0.519. The Kier molecular flexibility index (Phi) is 9.37. The molecular formula is C27H34ClF3N2O4. The van der Waals surface area contributed by atoms with Crippen LogP contribution in [-0.4, -0.2) is 61.3 Å². The first-order valence-electron chi connectivity index (χ1n) is 12.2. The number of benzene rings is 2. The monoisotopic (exact) mass is 542 g/mol. The molecule has 0 spiro atoms. The van der Waals surface area contributed by atoms with Gasteiger partial charge in [0.2, 0.25) is 0 Å². The summed E-state index contributed by atoms with van der Waals surface area (Å²) in [4.78, 5) is 16.7. The van der Waals surface area contributed by atoms with Gasteiger partial charge in [0.05, 0.1) is 24.3 Å². The maximum Gasteiger partial charge on any atom is 0.419 e. The molecule has 1 aliphatic heterocycles. The van der Waals surface area contributed by atoms with Gasteiger partial charge in [0.25, 0.3) is 0 Å². The van der Waals surface area contributed by atoms with Crippen molar-refractivity contribution in [3.63, 3.8) is 0 Å². The van der Waals surface area contributed by atoms with E-state index in [2.05, 4.69) is 9.80 Å². The maximum atomic E-state index is 13.1. The number of piperazine rings is 1. The largest absolute Gasteiger partial charge is 0.496 e. The minimum Gasteiger partial charge on any atom is -0.496 e. The molecule has 0 N–H and O–H groups in total. The highest BCUT2D eigenvalue weighted by atomic mass is 35.5. The van der Waals surface area contributed by atoms with Gasteiger partial charge in [-0.25, -0.2) is 4.79 Å². The lowest BCUT2D eigenvalue weighted by molar-refractivity contribution is -0.158. The molecule has 37 heavy (non-hydrogen) atoms. The maximum absolute atomic E-state index is 13.1. The van der Waals surface area contributed by atoms with Crippen LogP contribution in [0.2, 0.25) is 5.02 Å². The highest BCUT2D eigenvalue weighted by molar-refractivity contribution is 6.32. The average molecular weight is 543 g/mol. The topological polar surface area (TPSA) is 51.2 Å². The normalized spacial score (nSPS) is 15.5. The van der Waals surface area contributed by atoms with Crippen LogP contribution < -0.4 is 9.47 Å². The molecule has 0 unspecified atom stereocenters. The molecule has 1 heterocycles. The highest BCUT2D eigenvalue weighted by Crippen LogP contribution is 2.37.